The van der Waals surface area contributed by atoms with E-state index in [2.05, 4.69) is 0 Å². The van der Waals surface area contributed by atoms with Gasteiger partial charge in [-0.2, -0.15) is 0 Å². The largest absolute Gasteiger partial charge is 0.493 e. The smallest absolute Gasteiger partial charge is 0.263 e. The number of hydrogen-bond acceptors (Lipinski definition) is 5. The lowest BCUT2D eigenvalue weighted by Gasteiger charge is -2.09. The van der Waals surface area contributed by atoms with Crippen LogP contribution in [-0.4, -0.2) is 22.6 Å². The first-order valence-electron chi connectivity index (χ1n) is 7.10. The van der Waals surface area contributed by atoms with Gasteiger partial charge in [0.05, 0.1) is 14.2 Å². The highest BCUT2D eigenvalue weighted by Crippen LogP contribution is 2.38. The second-order valence-electron chi connectivity index (χ2n) is 5.15. The minimum atomic E-state index is -3.84. The van der Waals surface area contributed by atoms with Crippen LogP contribution in [0.2, 0.25) is 0 Å². The molecular weight excluding hydrogens is 368 g/mol. The van der Waals surface area contributed by atoms with Crippen LogP contribution in [-0.2, 0) is 15.5 Å². The first-order chi connectivity index (χ1) is 11.4. The third-order valence-electron chi connectivity index (χ3n) is 3.67. The number of thiophene rings is 1. The Morgan fingerprint density at radius 1 is 1.04 bits per heavy atom. The number of benzene rings is 2. The Morgan fingerprint density at radius 2 is 1.75 bits per heavy atom. The average molecular weight is 383 g/mol. The SMILES string of the molecule is COc1ccc(Cc2sc3ccccc3c2S(=O)(=O)Cl)cc1OC. The maximum absolute atomic E-state index is 12.1. The quantitative estimate of drug-likeness (QED) is 0.612. The van der Waals surface area contributed by atoms with Gasteiger partial charge in [0.2, 0.25) is 0 Å². The number of rotatable bonds is 5. The van der Waals surface area contributed by atoms with Gasteiger partial charge in [0.1, 0.15) is 4.90 Å². The molecule has 2 aromatic carbocycles. The van der Waals surface area contributed by atoms with Crippen molar-refractivity contribution in [2.45, 2.75) is 11.3 Å². The number of fused-ring (bicyclic) bond motifs is 1. The van der Waals surface area contributed by atoms with Crippen LogP contribution in [0.25, 0.3) is 10.1 Å². The second kappa shape index (κ2) is 6.63. The van der Waals surface area contributed by atoms with Gasteiger partial charge in [0.15, 0.2) is 11.5 Å². The van der Waals surface area contributed by atoms with E-state index in [9.17, 15) is 8.42 Å². The summed E-state index contributed by atoms with van der Waals surface area (Å²) < 4.78 is 35.6. The lowest BCUT2D eigenvalue weighted by molar-refractivity contribution is 0.354. The van der Waals surface area contributed by atoms with E-state index in [0.717, 1.165) is 10.3 Å². The van der Waals surface area contributed by atoms with Crippen molar-refractivity contribution in [3.8, 4) is 11.5 Å². The molecule has 0 aliphatic heterocycles. The predicted molar refractivity (Wildman–Crippen MR) is 97.2 cm³/mol. The van der Waals surface area contributed by atoms with Crippen LogP contribution in [0.15, 0.2) is 47.4 Å². The minimum Gasteiger partial charge on any atom is -0.493 e. The molecule has 0 radical (unpaired) electrons. The highest BCUT2D eigenvalue weighted by molar-refractivity contribution is 8.14. The fourth-order valence-corrected chi connectivity index (χ4v) is 5.74. The van der Waals surface area contributed by atoms with Crippen LogP contribution < -0.4 is 9.47 Å². The molecule has 4 nitrogen and oxygen atoms in total. The van der Waals surface area contributed by atoms with E-state index in [1.165, 1.54) is 11.3 Å². The van der Waals surface area contributed by atoms with Crippen LogP contribution in [0.1, 0.15) is 10.4 Å². The fraction of sp³-hybridized carbons (Fsp3) is 0.176. The lowest BCUT2D eigenvalue weighted by Crippen LogP contribution is -1.97. The van der Waals surface area contributed by atoms with E-state index in [0.29, 0.717) is 28.2 Å². The molecule has 0 amide bonds. The molecule has 0 aliphatic carbocycles. The van der Waals surface area contributed by atoms with Crippen molar-refractivity contribution in [1.82, 2.24) is 0 Å². The number of methoxy groups -OCH3 is 2. The highest BCUT2D eigenvalue weighted by atomic mass is 35.7. The molecule has 0 saturated heterocycles. The van der Waals surface area contributed by atoms with Gasteiger partial charge in [0.25, 0.3) is 9.05 Å². The van der Waals surface area contributed by atoms with E-state index in [1.807, 2.05) is 24.3 Å². The molecule has 7 heteroatoms. The van der Waals surface area contributed by atoms with Crippen molar-refractivity contribution in [1.29, 1.82) is 0 Å². The Kier molecular flexibility index (Phi) is 4.71. The average Bonchev–Trinajstić information content (AvgIpc) is 2.92. The molecule has 0 unspecified atom stereocenters. The normalized spacial score (nSPS) is 11.6. The molecule has 0 fully saturated rings. The van der Waals surface area contributed by atoms with Crippen LogP contribution in [0.3, 0.4) is 0 Å². The van der Waals surface area contributed by atoms with Crippen LogP contribution in [0.5, 0.6) is 11.5 Å². The maximum Gasteiger partial charge on any atom is 0.263 e. The van der Waals surface area contributed by atoms with Gasteiger partial charge in [-0.25, -0.2) is 8.42 Å². The zero-order valence-corrected chi connectivity index (χ0v) is 15.5. The fourth-order valence-electron chi connectivity index (χ4n) is 2.63. The lowest BCUT2D eigenvalue weighted by atomic mass is 10.1. The first kappa shape index (κ1) is 17.1. The van der Waals surface area contributed by atoms with E-state index >= 15 is 0 Å². The molecule has 0 aliphatic rings. The Balaban J connectivity index is 2.11. The first-order valence-corrected chi connectivity index (χ1v) is 10.2. The summed E-state index contributed by atoms with van der Waals surface area (Å²) in [6.45, 7) is 0. The zero-order valence-electron chi connectivity index (χ0n) is 13.1. The Hall–Kier alpha value is -1.76. The summed E-state index contributed by atoms with van der Waals surface area (Å²) in [5, 5.41) is 0.660. The molecule has 3 rings (SSSR count). The standard InChI is InChI=1S/C17H15ClO4S2/c1-21-13-8-7-11(9-14(13)22-2)10-16-17(24(18,19)20)12-5-3-4-6-15(12)23-16/h3-9H,10H2,1-2H3. The highest BCUT2D eigenvalue weighted by Gasteiger charge is 2.22. The van der Waals surface area contributed by atoms with Crippen molar-refractivity contribution < 1.29 is 17.9 Å². The molecular formula is C17H15ClO4S2. The van der Waals surface area contributed by atoms with Crippen molar-refractivity contribution in [2.75, 3.05) is 14.2 Å². The number of hydrogen-bond donors (Lipinski definition) is 0. The summed E-state index contributed by atoms with van der Waals surface area (Å²) in [6, 6.07) is 12.9. The Labute approximate surface area is 149 Å². The Morgan fingerprint density at radius 3 is 2.42 bits per heavy atom. The molecule has 0 saturated carbocycles. The molecule has 24 heavy (non-hydrogen) atoms. The van der Waals surface area contributed by atoms with Crippen molar-refractivity contribution >= 4 is 41.2 Å². The third-order valence-corrected chi connectivity index (χ3v) is 6.39. The van der Waals surface area contributed by atoms with Crippen molar-refractivity contribution in [3.05, 3.63) is 52.9 Å². The third kappa shape index (κ3) is 3.22. The van der Waals surface area contributed by atoms with Gasteiger partial charge in [-0.1, -0.05) is 24.3 Å². The van der Waals surface area contributed by atoms with Crippen molar-refractivity contribution in [2.24, 2.45) is 0 Å². The van der Waals surface area contributed by atoms with E-state index < -0.39 is 9.05 Å². The van der Waals surface area contributed by atoms with Crippen LogP contribution >= 0.6 is 22.0 Å². The summed E-state index contributed by atoms with van der Waals surface area (Å²) in [5.74, 6) is 1.23. The molecule has 3 aromatic rings. The van der Waals surface area contributed by atoms with E-state index in [4.69, 9.17) is 20.2 Å². The molecule has 0 N–H and O–H groups in total. The maximum atomic E-state index is 12.1. The molecule has 1 aromatic heterocycles. The molecule has 0 atom stereocenters. The molecule has 0 bridgehead atoms. The summed E-state index contributed by atoms with van der Waals surface area (Å²) in [5.41, 5.74) is 0.917. The topological polar surface area (TPSA) is 52.6 Å². The van der Waals surface area contributed by atoms with Gasteiger partial charge in [-0.05, 0) is 23.8 Å². The Bertz CT molecular complexity index is 993. The molecule has 126 valence electrons. The summed E-state index contributed by atoms with van der Waals surface area (Å²) in [7, 11) is 4.99. The number of halogens is 1. The summed E-state index contributed by atoms with van der Waals surface area (Å²) in [6.07, 6.45) is 0.445. The van der Waals surface area contributed by atoms with Gasteiger partial charge in [0, 0.05) is 32.1 Å². The van der Waals surface area contributed by atoms with Crippen molar-refractivity contribution in [3.63, 3.8) is 0 Å². The van der Waals surface area contributed by atoms with Gasteiger partial charge < -0.3 is 9.47 Å². The van der Waals surface area contributed by atoms with Gasteiger partial charge >= 0.3 is 0 Å². The van der Waals surface area contributed by atoms with Crippen LogP contribution in [0, 0.1) is 0 Å². The molecule has 1 heterocycles. The van der Waals surface area contributed by atoms with E-state index in [1.54, 1.807) is 32.4 Å². The second-order valence-corrected chi connectivity index (χ2v) is 8.79. The summed E-state index contributed by atoms with van der Waals surface area (Å²) in [4.78, 5) is 0.901. The van der Waals surface area contributed by atoms with Gasteiger partial charge in [-0.15, -0.1) is 11.3 Å². The zero-order chi connectivity index (χ0) is 17.3. The number of ether oxygens (including phenoxy) is 2. The van der Waals surface area contributed by atoms with Crippen LogP contribution in [0.4, 0.5) is 0 Å². The van der Waals surface area contributed by atoms with Gasteiger partial charge in [-0.3, -0.25) is 0 Å². The minimum absolute atomic E-state index is 0.194. The predicted octanol–water partition coefficient (Wildman–Crippen LogP) is 4.44. The van der Waals surface area contributed by atoms with E-state index in [-0.39, 0.29) is 4.90 Å². The molecule has 0 spiro atoms. The monoisotopic (exact) mass is 382 g/mol. The summed E-state index contributed by atoms with van der Waals surface area (Å²) >= 11 is 1.43.